The van der Waals surface area contributed by atoms with Crippen molar-refractivity contribution < 1.29 is 0 Å². The van der Waals surface area contributed by atoms with E-state index in [9.17, 15) is 0 Å². The zero-order valence-corrected chi connectivity index (χ0v) is 11.0. The highest BCUT2D eigenvalue weighted by atomic mass is 14.8. The van der Waals surface area contributed by atoms with Crippen LogP contribution in [0.4, 0.5) is 0 Å². The monoisotopic (exact) mass is 231 g/mol. The van der Waals surface area contributed by atoms with Crippen molar-refractivity contribution in [1.82, 2.24) is 5.32 Å². The summed E-state index contributed by atoms with van der Waals surface area (Å²) in [6, 6.07) is 11.0. The predicted molar refractivity (Wildman–Crippen MR) is 74.2 cm³/mol. The van der Waals surface area contributed by atoms with Crippen LogP contribution in [0.3, 0.4) is 0 Å². The molecule has 1 aliphatic rings. The van der Waals surface area contributed by atoms with Crippen LogP contribution in [0.2, 0.25) is 0 Å². The van der Waals surface area contributed by atoms with Crippen LogP contribution >= 0.6 is 0 Å². The van der Waals surface area contributed by atoms with Crippen LogP contribution in [0.15, 0.2) is 30.3 Å². The van der Waals surface area contributed by atoms with Crippen LogP contribution in [0.25, 0.3) is 0 Å². The summed E-state index contributed by atoms with van der Waals surface area (Å²) in [5.41, 5.74) is 2.14. The smallest absolute Gasteiger partial charge is 0.00466 e. The largest absolute Gasteiger partial charge is 0.320 e. The molecule has 0 amide bonds. The van der Waals surface area contributed by atoms with E-state index in [0.717, 1.165) is 0 Å². The van der Waals surface area contributed by atoms with Crippen LogP contribution in [-0.4, -0.2) is 13.6 Å². The second-order valence-electron chi connectivity index (χ2n) is 5.55. The summed E-state index contributed by atoms with van der Waals surface area (Å²) in [4.78, 5) is 0. The molecule has 1 aromatic rings. The Hall–Kier alpha value is -0.820. The SMILES string of the molecule is CNCCC1(CCc2ccccc2)CCCC1. The van der Waals surface area contributed by atoms with E-state index in [1.54, 1.807) is 0 Å². The number of aryl methyl sites for hydroxylation is 1. The Morgan fingerprint density at radius 1 is 1.06 bits per heavy atom. The maximum Gasteiger partial charge on any atom is -0.00466 e. The molecule has 1 N–H and O–H groups in total. The first kappa shape index (κ1) is 12.6. The minimum absolute atomic E-state index is 0.638. The van der Waals surface area contributed by atoms with Crippen molar-refractivity contribution in [3.05, 3.63) is 35.9 Å². The predicted octanol–water partition coefficient (Wildman–Crippen LogP) is 3.79. The summed E-state index contributed by atoms with van der Waals surface area (Å²) in [5, 5.41) is 3.32. The van der Waals surface area contributed by atoms with Crippen LogP contribution < -0.4 is 5.32 Å². The van der Waals surface area contributed by atoms with Gasteiger partial charge in [0.15, 0.2) is 0 Å². The fourth-order valence-electron chi connectivity index (χ4n) is 3.19. The van der Waals surface area contributed by atoms with Crippen LogP contribution in [-0.2, 0) is 6.42 Å². The van der Waals surface area contributed by atoms with Gasteiger partial charge in [-0.3, -0.25) is 0 Å². The van der Waals surface area contributed by atoms with Gasteiger partial charge in [0.1, 0.15) is 0 Å². The molecule has 94 valence electrons. The minimum atomic E-state index is 0.638. The molecular formula is C16H25N. The Bertz CT molecular complexity index is 312. The lowest BCUT2D eigenvalue weighted by atomic mass is 9.77. The van der Waals surface area contributed by atoms with E-state index in [4.69, 9.17) is 0 Å². The highest BCUT2D eigenvalue weighted by molar-refractivity contribution is 5.15. The number of hydrogen-bond acceptors (Lipinski definition) is 1. The van der Waals surface area contributed by atoms with Crippen LogP contribution in [0.1, 0.15) is 44.1 Å². The molecule has 2 rings (SSSR count). The second kappa shape index (κ2) is 6.20. The molecule has 1 nitrogen and oxygen atoms in total. The van der Waals surface area contributed by atoms with E-state index in [0.29, 0.717) is 5.41 Å². The van der Waals surface area contributed by atoms with Crippen LogP contribution in [0, 0.1) is 5.41 Å². The molecule has 0 bridgehead atoms. The zero-order valence-electron chi connectivity index (χ0n) is 11.0. The van der Waals surface area contributed by atoms with Gasteiger partial charge in [0.25, 0.3) is 0 Å². The van der Waals surface area contributed by atoms with Gasteiger partial charge in [0.2, 0.25) is 0 Å². The van der Waals surface area contributed by atoms with Crippen molar-refractivity contribution in [3.63, 3.8) is 0 Å². The van der Waals surface area contributed by atoms with Gasteiger partial charge in [0, 0.05) is 0 Å². The lowest BCUT2D eigenvalue weighted by Gasteiger charge is -2.29. The van der Waals surface area contributed by atoms with Gasteiger partial charge in [0.05, 0.1) is 0 Å². The van der Waals surface area contributed by atoms with Crippen molar-refractivity contribution in [2.45, 2.75) is 44.9 Å². The quantitative estimate of drug-likeness (QED) is 0.785. The average Bonchev–Trinajstić information content (AvgIpc) is 2.85. The Kier molecular flexibility index (Phi) is 4.61. The first-order valence-electron chi connectivity index (χ1n) is 7.03. The van der Waals surface area contributed by atoms with Crippen molar-refractivity contribution in [3.8, 4) is 0 Å². The number of rotatable bonds is 6. The molecule has 0 spiro atoms. The van der Waals surface area contributed by atoms with Gasteiger partial charge < -0.3 is 5.32 Å². The van der Waals surface area contributed by atoms with Crippen molar-refractivity contribution in [2.24, 2.45) is 5.41 Å². The molecule has 0 aliphatic heterocycles. The molecule has 0 unspecified atom stereocenters. The van der Waals surface area contributed by atoms with E-state index in [2.05, 4.69) is 42.7 Å². The molecular weight excluding hydrogens is 206 g/mol. The van der Waals surface area contributed by atoms with Gasteiger partial charge in [-0.15, -0.1) is 0 Å². The Morgan fingerprint density at radius 3 is 2.41 bits per heavy atom. The summed E-state index contributed by atoms with van der Waals surface area (Å²) in [6.07, 6.45) is 9.76. The number of benzene rings is 1. The third-order valence-electron chi connectivity index (χ3n) is 4.36. The van der Waals surface area contributed by atoms with Gasteiger partial charge in [-0.1, -0.05) is 43.2 Å². The lowest BCUT2D eigenvalue weighted by molar-refractivity contribution is 0.247. The summed E-state index contributed by atoms with van der Waals surface area (Å²) in [6.45, 7) is 1.18. The molecule has 1 saturated carbocycles. The first-order valence-corrected chi connectivity index (χ1v) is 7.03. The normalized spacial score (nSPS) is 18.4. The molecule has 1 aliphatic carbocycles. The molecule has 0 radical (unpaired) electrons. The van der Waals surface area contributed by atoms with Gasteiger partial charge >= 0.3 is 0 Å². The Labute approximate surface area is 106 Å². The maximum atomic E-state index is 3.32. The van der Waals surface area contributed by atoms with E-state index < -0.39 is 0 Å². The van der Waals surface area contributed by atoms with Gasteiger partial charge in [-0.05, 0) is 56.7 Å². The van der Waals surface area contributed by atoms with E-state index >= 15 is 0 Å². The summed E-state index contributed by atoms with van der Waals surface area (Å²) in [5.74, 6) is 0. The van der Waals surface area contributed by atoms with Crippen molar-refractivity contribution in [2.75, 3.05) is 13.6 Å². The molecule has 1 aromatic carbocycles. The van der Waals surface area contributed by atoms with Gasteiger partial charge in [-0.2, -0.15) is 0 Å². The molecule has 1 fully saturated rings. The Morgan fingerprint density at radius 2 is 1.76 bits per heavy atom. The van der Waals surface area contributed by atoms with E-state index in [-0.39, 0.29) is 0 Å². The summed E-state index contributed by atoms with van der Waals surface area (Å²) < 4.78 is 0. The topological polar surface area (TPSA) is 12.0 Å². The number of nitrogens with one attached hydrogen (secondary N) is 1. The molecule has 17 heavy (non-hydrogen) atoms. The standard InChI is InChI=1S/C16H25N/c1-17-14-13-16(10-5-6-11-16)12-9-15-7-3-2-4-8-15/h2-4,7-8,17H,5-6,9-14H2,1H3. The average molecular weight is 231 g/mol. The third kappa shape index (κ3) is 3.57. The molecule has 0 atom stereocenters. The summed E-state index contributed by atoms with van der Waals surface area (Å²) >= 11 is 0. The minimum Gasteiger partial charge on any atom is -0.320 e. The molecule has 0 saturated heterocycles. The lowest BCUT2D eigenvalue weighted by Crippen LogP contribution is -2.23. The second-order valence-corrected chi connectivity index (χ2v) is 5.55. The van der Waals surface area contributed by atoms with Crippen LogP contribution in [0.5, 0.6) is 0 Å². The highest BCUT2D eigenvalue weighted by Gasteiger charge is 2.32. The fourth-order valence-corrected chi connectivity index (χ4v) is 3.19. The Balaban J connectivity index is 1.89. The molecule has 0 aromatic heterocycles. The van der Waals surface area contributed by atoms with Gasteiger partial charge in [-0.25, -0.2) is 0 Å². The van der Waals surface area contributed by atoms with E-state index in [1.165, 1.54) is 57.1 Å². The van der Waals surface area contributed by atoms with Crippen molar-refractivity contribution in [1.29, 1.82) is 0 Å². The van der Waals surface area contributed by atoms with Crippen molar-refractivity contribution >= 4 is 0 Å². The fraction of sp³-hybridized carbons (Fsp3) is 0.625. The third-order valence-corrected chi connectivity index (χ3v) is 4.36. The maximum absolute atomic E-state index is 3.32. The molecule has 0 heterocycles. The highest BCUT2D eigenvalue weighted by Crippen LogP contribution is 2.44. The van der Waals surface area contributed by atoms with E-state index in [1.807, 2.05) is 0 Å². The summed E-state index contributed by atoms with van der Waals surface area (Å²) in [7, 11) is 2.07. The number of hydrogen-bond donors (Lipinski definition) is 1. The zero-order chi connectivity index (χ0) is 12.0. The molecule has 1 heteroatoms. The first-order chi connectivity index (χ1) is 8.35.